The van der Waals surface area contributed by atoms with Gasteiger partial charge in [0, 0.05) is 44.3 Å². The van der Waals surface area contributed by atoms with Crippen molar-refractivity contribution in [2.45, 2.75) is 25.8 Å². The van der Waals surface area contributed by atoms with Gasteiger partial charge in [-0.3, -0.25) is 4.79 Å². The standard InChI is InChI=1S/C12H19N5OS/c1-9-14-12(19-15-9)17-6-2-3-10(17)11(18)16-7-4-13-5-8-16/h10,13H,2-8H2,1H3. The van der Waals surface area contributed by atoms with E-state index in [9.17, 15) is 4.79 Å². The lowest BCUT2D eigenvalue weighted by atomic mass is 10.2. The number of anilines is 1. The van der Waals surface area contributed by atoms with Crippen LogP contribution >= 0.6 is 11.5 Å². The summed E-state index contributed by atoms with van der Waals surface area (Å²) >= 11 is 1.40. The van der Waals surface area contributed by atoms with Crippen LogP contribution in [0.25, 0.3) is 0 Å². The Bertz CT molecular complexity index is 457. The summed E-state index contributed by atoms with van der Waals surface area (Å²) in [5.74, 6) is 1.05. The number of nitrogens with zero attached hydrogens (tertiary/aromatic N) is 4. The van der Waals surface area contributed by atoms with Crippen molar-refractivity contribution in [3.8, 4) is 0 Å². The number of carbonyl (C=O) groups is 1. The monoisotopic (exact) mass is 281 g/mol. The highest BCUT2D eigenvalue weighted by atomic mass is 32.1. The van der Waals surface area contributed by atoms with Gasteiger partial charge in [0.05, 0.1) is 0 Å². The van der Waals surface area contributed by atoms with Gasteiger partial charge in [0.2, 0.25) is 11.0 Å². The molecule has 2 aliphatic heterocycles. The molecule has 3 rings (SSSR count). The number of piperazine rings is 1. The highest BCUT2D eigenvalue weighted by Gasteiger charge is 2.35. The molecule has 1 atom stereocenters. The Kier molecular flexibility index (Phi) is 3.65. The molecule has 1 N–H and O–H groups in total. The van der Waals surface area contributed by atoms with Crippen molar-refractivity contribution in [3.05, 3.63) is 5.82 Å². The molecule has 0 aromatic carbocycles. The first-order valence-corrected chi connectivity index (χ1v) is 7.59. The quantitative estimate of drug-likeness (QED) is 0.842. The molecule has 1 aromatic heterocycles. The fourth-order valence-electron chi connectivity index (χ4n) is 2.75. The summed E-state index contributed by atoms with van der Waals surface area (Å²) in [4.78, 5) is 21.1. The van der Waals surface area contributed by atoms with Crippen LogP contribution in [0, 0.1) is 6.92 Å². The largest absolute Gasteiger partial charge is 0.338 e. The average Bonchev–Trinajstić information content (AvgIpc) is 3.07. The van der Waals surface area contributed by atoms with Crippen molar-refractivity contribution in [2.75, 3.05) is 37.6 Å². The predicted octanol–water partition coefficient (Wildman–Crippen LogP) is 0.247. The molecule has 0 aliphatic carbocycles. The third-order valence-corrected chi connectivity index (χ3v) is 4.57. The molecule has 1 unspecified atom stereocenters. The molecule has 19 heavy (non-hydrogen) atoms. The summed E-state index contributed by atoms with van der Waals surface area (Å²) in [6.07, 6.45) is 1.99. The van der Waals surface area contributed by atoms with Crippen molar-refractivity contribution in [3.63, 3.8) is 0 Å². The Balaban J connectivity index is 1.73. The van der Waals surface area contributed by atoms with E-state index in [0.29, 0.717) is 0 Å². The number of rotatable bonds is 2. The smallest absolute Gasteiger partial charge is 0.245 e. The second kappa shape index (κ2) is 5.42. The maximum absolute atomic E-state index is 12.6. The maximum atomic E-state index is 12.6. The van der Waals surface area contributed by atoms with E-state index < -0.39 is 0 Å². The number of carbonyl (C=O) groups excluding carboxylic acids is 1. The zero-order valence-electron chi connectivity index (χ0n) is 11.1. The van der Waals surface area contributed by atoms with Gasteiger partial charge in [-0.15, -0.1) is 0 Å². The van der Waals surface area contributed by atoms with Gasteiger partial charge >= 0.3 is 0 Å². The van der Waals surface area contributed by atoms with E-state index in [1.165, 1.54) is 11.5 Å². The Morgan fingerprint density at radius 1 is 1.37 bits per heavy atom. The van der Waals surface area contributed by atoms with E-state index in [2.05, 4.69) is 19.6 Å². The van der Waals surface area contributed by atoms with Gasteiger partial charge in [-0.05, 0) is 19.8 Å². The Labute approximate surface area is 117 Å². The molecule has 0 saturated carbocycles. The first kappa shape index (κ1) is 12.8. The lowest BCUT2D eigenvalue weighted by molar-refractivity contribution is -0.132. The summed E-state index contributed by atoms with van der Waals surface area (Å²) < 4.78 is 4.22. The Hall–Kier alpha value is -1.21. The molecule has 2 saturated heterocycles. The molecular weight excluding hydrogens is 262 g/mol. The SMILES string of the molecule is Cc1nsc(N2CCCC2C(=O)N2CCNCC2)n1. The molecule has 6 nitrogen and oxygen atoms in total. The van der Waals surface area contributed by atoms with E-state index in [0.717, 1.165) is 56.5 Å². The predicted molar refractivity (Wildman–Crippen MR) is 74.5 cm³/mol. The normalized spacial score (nSPS) is 23.9. The van der Waals surface area contributed by atoms with Crippen LogP contribution in [0.1, 0.15) is 18.7 Å². The van der Waals surface area contributed by atoms with Gasteiger partial charge in [-0.25, -0.2) is 4.98 Å². The van der Waals surface area contributed by atoms with Crippen molar-refractivity contribution in [1.82, 2.24) is 19.6 Å². The van der Waals surface area contributed by atoms with Crippen LogP contribution in [-0.4, -0.2) is 58.9 Å². The van der Waals surface area contributed by atoms with Crippen LogP contribution in [0.15, 0.2) is 0 Å². The minimum atomic E-state index is -0.0366. The van der Waals surface area contributed by atoms with Gasteiger partial charge in [0.25, 0.3) is 0 Å². The second-order valence-electron chi connectivity index (χ2n) is 5.05. The van der Waals surface area contributed by atoms with E-state index in [-0.39, 0.29) is 11.9 Å². The number of hydrogen-bond donors (Lipinski definition) is 1. The molecule has 2 fully saturated rings. The van der Waals surface area contributed by atoms with Gasteiger partial charge in [-0.2, -0.15) is 4.37 Å². The molecule has 2 aliphatic rings. The second-order valence-corrected chi connectivity index (χ2v) is 5.78. The number of nitrogens with one attached hydrogen (secondary N) is 1. The van der Waals surface area contributed by atoms with Crippen LogP contribution in [0.2, 0.25) is 0 Å². The van der Waals surface area contributed by atoms with Gasteiger partial charge in [0.15, 0.2) is 0 Å². The van der Waals surface area contributed by atoms with E-state index in [1.807, 2.05) is 11.8 Å². The highest BCUT2D eigenvalue weighted by molar-refractivity contribution is 7.09. The Morgan fingerprint density at radius 3 is 2.84 bits per heavy atom. The zero-order chi connectivity index (χ0) is 13.2. The average molecular weight is 281 g/mol. The molecule has 104 valence electrons. The first-order valence-electron chi connectivity index (χ1n) is 6.82. The fourth-order valence-corrected chi connectivity index (χ4v) is 3.50. The Morgan fingerprint density at radius 2 is 2.16 bits per heavy atom. The molecule has 1 aromatic rings. The topological polar surface area (TPSA) is 61.4 Å². The lowest BCUT2D eigenvalue weighted by Crippen LogP contribution is -2.52. The van der Waals surface area contributed by atoms with E-state index in [1.54, 1.807) is 0 Å². The third kappa shape index (κ3) is 2.57. The third-order valence-electron chi connectivity index (χ3n) is 3.73. The van der Waals surface area contributed by atoms with Crippen molar-refractivity contribution in [2.24, 2.45) is 0 Å². The van der Waals surface area contributed by atoms with E-state index in [4.69, 9.17) is 0 Å². The molecule has 1 amide bonds. The number of aryl methyl sites for hydroxylation is 1. The van der Waals surface area contributed by atoms with Crippen LogP contribution < -0.4 is 10.2 Å². The summed E-state index contributed by atoms with van der Waals surface area (Å²) in [5, 5.41) is 4.17. The van der Waals surface area contributed by atoms with Crippen LogP contribution in [-0.2, 0) is 4.79 Å². The van der Waals surface area contributed by atoms with Crippen molar-refractivity contribution in [1.29, 1.82) is 0 Å². The minimum Gasteiger partial charge on any atom is -0.338 e. The molecular formula is C12H19N5OS. The highest BCUT2D eigenvalue weighted by Crippen LogP contribution is 2.28. The molecule has 3 heterocycles. The van der Waals surface area contributed by atoms with Crippen molar-refractivity contribution < 1.29 is 4.79 Å². The molecule has 0 bridgehead atoms. The lowest BCUT2D eigenvalue weighted by Gasteiger charge is -2.32. The summed E-state index contributed by atoms with van der Waals surface area (Å²) in [5.41, 5.74) is 0. The minimum absolute atomic E-state index is 0.0366. The van der Waals surface area contributed by atoms with Crippen LogP contribution in [0.4, 0.5) is 5.13 Å². The number of hydrogen-bond acceptors (Lipinski definition) is 6. The van der Waals surface area contributed by atoms with Gasteiger partial charge in [0.1, 0.15) is 11.9 Å². The van der Waals surface area contributed by atoms with Crippen molar-refractivity contribution >= 4 is 22.6 Å². The molecule has 0 radical (unpaired) electrons. The van der Waals surface area contributed by atoms with Crippen LogP contribution in [0.5, 0.6) is 0 Å². The van der Waals surface area contributed by atoms with Gasteiger partial charge < -0.3 is 15.1 Å². The summed E-state index contributed by atoms with van der Waals surface area (Å²) in [6.45, 7) is 6.24. The van der Waals surface area contributed by atoms with Crippen LogP contribution in [0.3, 0.4) is 0 Å². The van der Waals surface area contributed by atoms with E-state index >= 15 is 0 Å². The molecule has 0 spiro atoms. The summed E-state index contributed by atoms with van der Waals surface area (Å²) in [6, 6.07) is -0.0366. The number of aromatic nitrogens is 2. The molecule has 7 heteroatoms. The number of amides is 1. The maximum Gasteiger partial charge on any atom is 0.245 e. The van der Waals surface area contributed by atoms with Gasteiger partial charge in [-0.1, -0.05) is 0 Å². The fraction of sp³-hybridized carbons (Fsp3) is 0.750. The zero-order valence-corrected chi connectivity index (χ0v) is 11.9. The summed E-state index contributed by atoms with van der Waals surface area (Å²) in [7, 11) is 0. The first-order chi connectivity index (χ1) is 9.25.